The Balaban J connectivity index is 1.68. The van der Waals surface area contributed by atoms with Crippen molar-refractivity contribution in [3.8, 4) is 5.75 Å². The number of nitrogens with one attached hydrogen (secondary N) is 1. The van der Waals surface area contributed by atoms with E-state index in [4.69, 9.17) is 4.74 Å². The van der Waals surface area contributed by atoms with Crippen LogP contribution in [0.4, 0.5) is 11.4 Å². The highest BCUT2D eigenvalue weighted by atomic mass is 16.6. The van der Waals surface area contributed by atoms with Crippen molar-refractivity contribution in [2.24, 2.45) is 0 Å². The topological polar surface area (TPSA) is 102 Å². The van der Waals surface area contributed by atoms with E-state index in [1.165, 1.54) is 31.7 Å². The number of hydrogen-bond acceptors (Lipinski definition) is 5. The Bertz CT molecular complexity index is 936. The number of anilines is 1. The molecule has 1 aliphatic rings. The predicted octanol–water partition coefficient (Wildman–Crippen LogP) is 4.26. The zero-order valence-electron chi connectivity index (χ0n) is 17.1. The summed E-state index contributed by atoms with van der Waals surface area (Å²) in [6, 6.07) is 10.9. The van der Waals surface area contributed by atoms with Crippen molar-refractivity contribution in [2.45, 2.75) is 38.1 Å². The minimum atomic E-state index is -0.598. The van der Waals surface area contributed by atoms with Gasteiger partial charge in [-0.3, -0.25) is 19.7 Å². The average Bonchev–Trinajstić information content (AvgIpc) is 2.78. The first kappa shape index (κ1) is 21.3. The van der Waals surface area contributed by atoms with Crippen LogP contribution in [-0.2, 0) is 0 Å². The summed E-state index contributed by atoms with van der Waals surface area (Å²) in [5.74, 6) is -0.439. The van der Waals surface area contributed by atoms with E-state index >= 15 is 0 Å². The molecule has 3 rings (SSSR count). The van der Waals surface area contributed by atoms with Gasteiger partial charge >= 0.3 is 5.69 Å². The van der Waals surface area contributed by atoms with Crippen LogP contribution in [0, 0.1) is 10.1 Å². The number of carbonyl (C=O) groups excluding carboxylic acids is 2. The maximum atomic E-state index is 12.7. The lowest BCUT2D eigenvalue weighted by molar-refractivity contribution is -0.385. The van der Waals surface area contributed by atoms with Crippen LogP contribution in [0.5, 0.6) is 5.75 Å². The van der Waals surface area contributed by atoms with E-state index < -0.39 is 10.8 Å². The Hall–Kier alpha value is -3.42. The summed E-state index contributed by atoms with van der Waals surface area (Å²) < 4.78 is 4.95. The molecule has 1 fully saturated rings. The third kappa shape index (κ3) is 4.76. The first-order chi connectivity index (χ1) is 14.4. The van der Waals surface area contributed by atoms with Gasteiger partial charge in [-0.2, -0.15) is 0 Å². The summed E-state index contributed by atoms with van der Waals surface area (Å²) in [6.45, 7) is 0. The van der Waals surface area contributed by atoms with Gasteiger partial charge in [-0.05, 0) is 49.2 Å². The van der Waals surface area contributed by atoms with Crippen LogP contribution in [0.15, 0.2) is 42.5 Å². The molecule has 0 bridgehead atoms. The summed E-state index contributed by atoms with van der Waals surface area (Å²) in [5, 5.41) is 13.8. The Labute approximate surface area is 175 Å². The van der Waals surface area contributed by atoms with Gasteiger partial charge in [0.15, 0.2) is 5.75 Å². The highest BCUT2D eigenvalue weighted by molar-refractivity contribution is 6.05. The number of nitro groups is 1. The molecule has 2 aromatic rings. The number of methoxy groups -OCH3 is 1. The van der Waals surface area contributed by atoms with Crippen molar-refractivity contribution < 1.29 is 19.2 Å². The molecule has 2 aromatic carbocycles. The van der Waals surface area contributed by atoms with Crippen molar-refractivity contribution in [3.05, 3.63) is 63.7 Å². The van der Waals surface area contributed by atoms with Crippen molar-refractivity contribution in [1.29, 1.82) is 0 Å². The van der Waals surface area contributed by atoms with Crippen LogP contribution >= 0.6 is 0 Å². The predicted molar refractivity (Wildman–Crippen MR) is 113 cm³/mol. The second-order valence-electron chi connectivity index (χ2n) is 7.38. The van der Waals surface area contributed by atoms with Crippen molar-refractivity contribution >= 4 is 23.2 Å². The van der Waals surface area contributed by atoms with E-state index in [-0.39, 0.29) is 28.9 Å². The van der Waals surface area contributed by atoms with Crippen LogP contribution in [0.1, 0.15) is 52.8 Å². The van der Waals surface area contributed by atoms with Gasteiger partial charge in [-0.1, -0.05) is 19.3 Å². The van der Waals surface area contributed by atoms with Crippen molar-refractivity contribution in [3.63, 3.8) is 0 Å². The molecular weight excluding hydrogens is 386 g/mol. The van der Waals surface area contributed by atoms with Gasteiger partial charge in [0, 0.05) is 36.0 Å². The van der Waals surface area contributed by atoms with Gasteiger partial charge in [0.25, 0.3) is 11.8 Å². The normalized spacial score (nSPS) is 14.1. The largest absolute Gasteiger partial charge is 0.490 e. The first-order valence-corrected chi connectivity index (χ1v) is 9.91. The highest BCUT2D eigenvalue weighted by Crippen LogP contribution is 2.28. The van der Waals surface area contributed by atoms with Crippen LogP contribution in [0.3, 0.4) is 0 Å². The molecule has 0 aliphatic heterocycles. The molecule has 0 saturated heterocycles. The second kappa shape index (κ2) is 9.39. The number of amides is 2. The molecule has 0 aromatic heterocycles. The fourth-order valence-electron chi connectivity index (χ4n) is 3.71. The number of ether oxygens (including phenoxy) is 1. The average molecular weight is 411 g/mol. The molecule has 1 N–H and O–H groups in total. The van der Waals surface area contributed by atoms with E-state index in [1.54, 1.807) is 24.3 Å². The van der Waals surface area contributed by atoms with E-state index in [1.807, 2.05) is 11.9 Å². The van der Waals surface area contributed by atoms with E-state index in [9.17, 15) is 19.7 Å². The lowest BCUT2D eigenvalue weighted by atomic mass is 9.94. The van der Waals surface area contributed by atoms with Crippen LogP contribution in [0.2, 0.25) is 0 Å². The summed E-state index contributed by atoms with van der Waals surface area (Å²) >= 11 is 0. The van der Waals surface area contributed by atoms with Crippen molar-refractivity contribution in [1.82, 2.24) is 4.90 Å². The summed E-state index contributed by atoms with van der Waals surface area (Å²) in [6.07, 6.45) is 5.59. The van der Waals surface area contributed by atoms with Crippen LogP contribution < -0.4 is 10.1 Å². The SMILES string of the molecule is COc1ccc(C(=O)Nc2ccc(C(=O)N(C)C3CCCCC3)cc2)cc1[N+](=O)[O-]. The maximum absolute atomic E-state index is 12.7. The Morgan fingerprint density at radius 2 is 1.70 bits per heavy atom. The highest BCUT2D eigenvalue weighted by Gasteiger charge is 2.23. The third-order valence-electron chi connectivity index (χ3n) is 5.47. The fraction of sp³-hybridized carbons (Fsp3) is 0.364. The molecule has 8 heteroatoms. The Morgan fingerprint density at radius 1 is 1.07 bits per heavy atom. The van der Waals surface area contributed by atoms with Gasteiger partial charge < -0.3 is 15.0 Å². The van der Waals surface area contributed by atoms with Gasteiger partial charge in [-0.15, -0.1) is 0 Å². The zero-order chi connectivity index (χ0) is 21.7. The van der Waals surface area contributed by atoms with Gasteiger partial charge in [0.05, 0.1) is 12.0 Å². The molecule has 0 heterocycles. The lowest BCUT2D eigenvalue weighted by Gasteiger charge is -2.31. The summed E-state index contributed by atoms with van der Waals surface area (Å²) in [5.41, 5.74) is 0.910. The number of nitrogens with zero attached hydrogens (tertiary/aromatic N) is 2. The molecule has 0 radical (unpaired) electrons. The van der Waals surface area contributed by atoms with Gasteiger partial charge in [-0.25, -0.2) is 0 Å². The number of carbonyl (C=O) groups is 2. The molecule has 0 unspecified atom stereocenters. The molecule has 0 spiro atoms. The smallest absolute Gasteiger partial charge is 0.311 e. The van der Waals surface area contributed by atoms with Crippen LogP contribution in [-0.4, -0.2) is 41.8 Å². The summed E-state index contributed by atoms with van der Waals surface area (Å²) in [7, 11) is 3.17. The zero-order valence-corrected chi connectivity index (χ0v) is 17.1. The molecule has 2 amide bonds. The maximum Gasteiger partial charge on any atom is 0.311 e. The minimum absolute atomic E-state index is 0.0365. The van der Waals surface area contributed by atoms with E-state index in [2.05, 4.69) is 5.32 Å². The molecule has 8 nitrogen and oxygen atoms in total. The summed E-state index contributed by atoms with van der Waals surface area (Å²) in [4.78, 5) is 37.5. The second-order valence-corrected chi connectivity index (χ2v) is 7.38. The van der Waals surface area contributed by atoms with E-state index in [0.29, 0.717) is 11.3 Å². The molecule has 158 valence electrons. The molecular formula is C22H25N3O5. The molecule has 0 atom stereocenters. The Kier molecular flexibility index (Phi) is 6.66. The van der Waals surface area contributed by atoms with Gasteiger partial charge in [0.2, 0.25) is 0 Å². The monoisotopic (exact) mass is 411 g/mol. The standard InChI is InChI=1S/C22H25N3O5/c1-24(18-6-4-3-5-7-18)22(27)15-8-11-17(12-9-15)23-21(26)16-10-13-20(30-2)19(14-16)25(28)29/h8-14,18H,3-7H2,1-2H3,(H,23,26). The van der Waals surface area contributed by atoms with Crippen molar-refractivity contribution in [2.75, 3.05) is 19.5 Å². The third-order valence-corrected chi connectivity index (χ3v) is 5.47. The molecule has 1 saturated carbocycles. The molecule has 1 aliphatic carbocycles. The van der Waals surface area contributed by atoms with Gasteiger partial charge in [0.1, 0.15) is 0 Å². The number of rotatable bonds is 6. The number of nitro benzene ring substituents is 1. The quantitative estimate of drug-likeness (QED) is 0.565. The van der Waals surface area contributed by atoms with Crippen LogP contribution in [0.25, 0.3) is 0 Å². The molecule has 30 heavy (non-hydrogen) atoms. The lowest BCUT2D eigenvalue weighted by Crippen LogP contribution is -2.38. The number of hydrogen-bond donors (Lipinski definition) is 1. The first-order valence-electron chi connectivity index (χ1n) is 9.91. The Morgan fingerprint density at radius 3 is 2.30 bits per heavy atom. The van der Waals surface area contributed by atoms with E-state index in [0.717, 1.165) is 25.7 Å². The minimum Gasteiger partial charge on any atom is -0.490 e. The fourth-order valence-corrected chi connectivity index (χ4v) is 3.71. The number of benzene rings is 2.